The average molecular weight is 367 g/mol. The van der Waals surface area contributed by atoms with Crippen LogP contribution in [0.25, 0.3) is 11.1 Å². The Morgan fingerprint density at radius 3 is 2.63 bits per heavy atom. The molecule has 1 fully saturated rings. The largest absolute Gasteiger partial charge is 0.367 e. The molecule has 0 spiro atoms. The Labute approximate surface area is 159 Å². The van der Waals surface area contributed by atoms with Crippen LogP contribution >= 0.6 is 0 Å². The Morgan fingerprint density at radius 2 is 1.96 bits per heavy atom. The van der Waals surface area contributed by atoms with Crippen molar-refractivity contribution >= 4 is 11.8 Å². The van der Waals surface area contributed by atoms with E-state index in [-0.39, 0.29) is 18.4 Å². The van der Waals surface area contributed by atoms with Crippen molar-refractivity contribution < 1.29 is 14.3 Å². The first-order chi connectivity index (χ1) is 12.9. The van der Waals surface area contributed by atoms with Crippen molar-refractivity contribution in [2.45, 2.75) is 25.9 Å². The van der Waals surface area contributed by atoms with Crippen LogP contribution < -0.4 is 5.73 Å². The third kappa shape index (κ3) is 4.17. The number of nitrogens with two attached hydrogens (primary N) is 1. The van der Waals surface area contributed by atoms with Gasteiger partial charge in [0.15, 0.2) is 5.60 Å². The summed E-state index contributed by atoms with van der Waals surface area (Å²) in [6, 6.07) is 11.8. The number of pyridine rings is 1. The fourth-order valence-electron chi connectivity index (χ4n) is 3.42. The Hall–Kier alpha value is -2.73. The second-order valence-electron chi connectivity index (χ2n) is 7.23. The van der Waals surface area contributed by atoms with Gasteiger partial charge in [-0.3, -0.25) is 14.6 Å². The molecule has 0 saturated carbocycles. The summed E-state index contributed by atoms with van der Waals surface area (Å²) in [6.07, 6.45) is 3.81. The lowest BCUT2D eigenvalue weighted by atomic mass is 9.90. The smallest absolute Gasteiger partial charge is 0.251 e. The number of hydrogen-bond donors (Lipinski definition) is 1. The van der Waals surface area contributed by atoms with E-state index in [1.165, 1.54) is 0 Å². The Bertz CT molecular complexity index is 822. The number of benzene rings is 1. The number of amides is 2. The number of ether oxygens (including phenoxy) is 1. The first-order valence-corrected chi connectivity index (χ1v) is 9.13. The van der Waals surface area contributed by atoms with E-state index in [9.17, 15) is 9.59 Å². The van der Waals surface area contributed by atoms with E-state index in [0.29, 0.717) is 19.6 Å². The summed E-state index contributed by atoms with van der Waals surface area (Å²) in [7, 11) is 0. The highest BCUT2D eigenvalue weighted by Gasteiger charge is 2.44. The Balaban J connectivity index is 1.87. The van der Waals surface area contributed by atoms with Crippen LogP contribution in [0, 0.1) is 5.92 Å². The number of carbonyl (C=O) groups is 2. The van der Waals surface area contributed by atoms with Crippen molar-refractivity contribution in [1.29, 1.82) is 0 Å². The summed E-state index contributed by atoms with van der Waals surface area (Å²) in [6.45, 7) is 4.65. The molecule has 1 atom stereocenters. The highest BCUT2D eigenvalue weighted by atomic mass is 16.5. The van der Waals surface area contributed by atoms with Gasteiger partial charge in [0.1, 0.15) is 0 Å². The lowest BCUT2D eigenvalue weighted by molar-refractivity contribution is -0.165. The molecular weight excluding hydrogens is 342 g/mol. The molecule has 0 aliphatic carbocycles. The minimum absolute atomic E-state index is 0.00876. The van der Waals surface area contributed by atoms with Crippen LogP contribution in [0.15, 0.2) is 48.8 Å². The standard InChI is InChI=1S/C21H25N3O3/c1-15(2)19(25)24-10-11-27-21(14-24,20(22)26)13-16-4-3-5-18(12-16)17-6-8-23-9-7-17/h3-9,12,15H,10-11,13-14H2,1-2H3,(H2,22,26)/t21-/m1/s1. The quantitative estimate of drug-likeness (QED) is 0.876. The number of rotatable bonds is 5. The maximum absolute atomic E-state index is 12.4. The summed E-state index contributed by atoms with van der Waals surface area (Å²) in [5, 5.41) is 0. The minimum atomic E-state index is -1.21. The van der Waals surface area contributed by atoms with Crippen LogP contribution in [0.1, 0.15) is 19.4 Å². The van der Waals surface area contributed by atoms with Gasteiger partial charge >= 0.3 is 0 Å². The van der Waals surface area contributed by atoms with Crippen molar-refractivity contribution in [3.05, 3.63) is 54.4 Å². The zero-order valence-electron chi connectivity index (χ0n) is 15.7. The fourth-order valence-corrected chi connectivity index (χ4v) is 3.42. The number of carbonyl (C=O) groups excluding carboxylic acids is 2. The molecule has 142 valence electrons. The van der Waals surface area contributed by atoms with Gasteiger partial charge in [-0.15, -0.1) is 0 Å². The molecule has 27 heavy (non-hydrogen) atoms. The Kier molecular flexibility index (Phi) is 5.56. The van der Waals surface area contributed by atoms with Crippen LogP contribution in [0.4, 0.5) is 0 Å². The fraction of sp³-hybridized carbons (Fsp3) is 0.381. The lowest BCUT2D eigenvalue weighted by Gasteiger charge is -2.41. The second kappa shape index (κ2) is 7.88. The van der Waals surface area contributed by atoms with Crippen molar-refractivity contribution in [2.24, 2.45) is 11.7 Å². The molecule has 1 aliphatic heterocycles. The summed E-state index contributed by atoms with van der Waals surface area (Å²) >= 11 is 0. The van der Waals surface area contributed by atoms with Gasteiger partial charge in [0.05, 0.1) is 13.2 Å². The molecule has 6 nitrogen and oxygen atoms in total. The molecule has 0 unspecified atom stereocenters. The predicted molar refractivity (Wildman–Crippen MR) is 103 cm³/mol. The van der Waals surface area contributed by atoms with Crippen molar-refractivity contribution in [2.75, 3.05) is 19.7 Å². The molecule has 2 aromatic rings. The molecule has 3 rings (SSSR count). The molecule has 6 heteroatoms. The summed E-state index contributed by atoms with van der Waals surface area (Å²) in [5.41, 5.74) is 7.52. The van der Waals surface area contributed by atoms with Crippen LogP contribution in [0.5, 0.6) is 0 Å². The Morgan fingerprint density at radius 1 is 1.22 bits per heavy atom. The molecule has 1 aliphatic rings. The molecule has 1 aromatic heterocycles. The summed E-state index contributed by atoms with van der Waals surface area (Å²) < 4.78 is 5.86. The van der Waals surface area contributed by atoms with Crippen molar-refractivity contribution in [1.82, 2.24) is 9.88 Å². The lowest BCUT2D eigenvalue weighted by Crippen LogP contribution is -2.61. The van der Waals surface area contributed by atoms with Gasteiger partial charge in [0.25, 0.3) is 5.91 Å². The normalized spacial score (nSPS) is 19.9. The zero-order valence-corrected chi connectivity index (χ0v) is 15.7. The van der Waals surface area contributed by atoms with Crippen LogP contribution in [0.3, 0.4) is 0 Å². The van der Waals surface area contributed by atoms with E-state index in [1.54, 1.807) is 17.3 Å². The van der Waals surface area contributed by atoms with Gasteiger partial charge in [0, 0.05) is 31.3 Å². The number of morpholine rings is 1. The maximum Gasteiger partial charge on any atom is 0.251 e. The zero-order chi connectivity index (χ0) is 19.4. The van der Waals surface area contributed by atoms with Gasteiger partial charge in [-0.25, -0.2) is 0 Å². The van der Waals surface area contributed by atoms with E-state index in [4.69, 9.17) is 10.5 Å². The van der Waals surface area contributed by atoms with Crippen molar-refractivity contribution in [3.8, 4) is 11.1 Å². The predicted octanol–water partition coefficient (Wildman–Crippen LogP) is 2.03. The molecule has 2 amide bonds. The first-order valence-electron chi connectivity index (χ1n) is 9.13. The number of hydrogen-bond acceptors (Lipinski definition) is 4. The molecule has 1 aromatic carbocycles. The van der Waals surface area contributed by atoms with Crippen LogP contribution in [0.2, 0.25) is 0 Å². The highest BCUT2D eigenvalue weighted by Crippen LogP contribution is 2.27. The van der Waals surface area contributed by atoms with Gasteiger partial charge in [-0.2, -0.15) is 0 Å². The number of nitrogens with zero attached hydrogens (tertiary/aromatic N) is 2. The number of primary amides is 1. The molecule has 0 radical (unpaired) electrons. The van der Waals surface area contributed by atoms with E-state index < -0.39 is 11.5 Å². The first kappa shape index (κ1) is 19.0. The summed E-state index contributed by atoms with van der Waals surface area (Å²) in [4.78, 5) is 30.5. The summed E-state index contributed by atoms with van der Waals surface area (Å²) in [5.74, 6) is -0.670. The van der Waals surface area contributed by atoms with Gasteiger partial charge in [-0.1, -0.05) is 38.1 Å². The van der Waals surface area contributed by atoms with E-state index in [2.05, 4.69) is 4.98 Å². The third-order valence-corrected chi connectivity index (χ3v) is 4.87. The number of aromatic nitrogens is 1. The molecule has 2 heterocycles. The molecular formula is C21H25N3O3. The second-order valence-corrected chi connectivity index (χ2v) is 7.23. The van der Waals surface area contributed by atoms with E-state index >= 15 is 0 Å². The maximum atomic E-state index is 12.4. The van der Waals surface area contributed by atoms with E-state index in [0.717, 1.165) is 16.7 Å². The minimum Gasteiger partial charge on any atom is -0.367 e. The monoisotopic (exact) mass is 367 g/mol. The van der Waals surface area contributed by atoms with Gasteiger partial charge in [0.2, 0.25) is 5.91 Å². The van der Waals surface area contributed by atoms with Gasteiger partial charge in [-0.05, 0) is 28.8 Å². The third-order valence-electron chi connectivity index (χ3n) is 4.87. The molecule has 2 N–H and O–H groups in total. The highest BCUT2D eigenvalue weighted by molar-refractivity contribution is 5.86. The van der Waals surface area contributed by atoms with Crippen molar-refractivity contribution in [3.63, 3.8) is 0 Å². The van der Waals surface area contributed by atoms with Gasteiger partial charge < -0.3 is 15.4 Å². The molecule has 0 bridgehead atoms. The molecule has 1 saturated heterocycles. The average Bonchev–Trinajstić information content (AvgIpc) is 2.68. The van der Waals surface area contributed by atoms with E-state index in [1.807, 2.05) is 50.2 Å². The topological polar surface area (TPSA) is 85.5 Å². The SMILES string of the molecule is CC(C)C(=O)N1CCO[C@@](Cc2cccc(-c3ccncc3)c2)(C(N)=O)C1. The van der Waals surface area contributed by atoms with Crippen LogP contribution in [-0.2, 0) is 20.7 Å². The van der Waals surface area contributed by atoms with Crippen LogP contribution in [-0.4, -0.2) is 47.0 Å².